The van der Waals surface area contributed by atoms with Gasteiger partial charge in [0, 0.05) is 12.1 Å². The molecule has 0 saturated heterocycles. The smallest absolute Gasteiger partial charge is 0.401 e. The molecule has 1 N–H and O–H groups in total. The number of rotatable bonds is 9. The van der Waals surface area contributed by atoms with Crippen molar-refractivity contribution in [3.05, 3.63) is 47.8 Å². The van der Waals surface area contributed by atoms with E-state index in [9.17, 15) is 18.3 Å². The molecule has 1 aromatic carbocycles. The third kappa shape index (κ3) is 5.52. The maximum atomic E-state index is 12.9. The molecule has 0 aliphatic carbocycles. The quantitative estimate of drug-likeness (QED) is 0.487. The summed E-state index contributed by atoms with van der Waals surface area (Å²) < 4.78 is 51.4. The van der Waals surface area contributed by atoms with E-state index in [0.717, 1.165) is 32.7 Å². The summed E-state index contributed by atoms with van der Waals surface area (Å²) in [6, 6.07) is 7.62. The second kappa shape index (κ2) is 9.79. The van der Waals surface area contributed by atoms with E-state index in [1.165, 1.54) is 6.92 Å². The molecular weight excluding hydrogens is 423 g/mol. The van der Waals surface area contributed by atoms with Gasteiger partial charge in [0.15, 0.2) is 0 Å². The highest BCUT2D eigenvalue weighted by Crippen LogP contribution is 2.33. The Morgan fingerprint density at radius 3 is 2.62 bits per heavy atom. The number of halogens is 3. The van der Waals surface area contributed by atoms with Crippen LogP contribution in [0.25, 0.3) is 16.6 Å². The fourth-order valence-electron chi connectivity index (χ4n) is 3.70. The van der Waals surface area contributed by atoms with Gasteiger partial charge in [-0.3, -0.25) is 4.90 Å². The van der Waals surface area contributed by atoms with Crippen LogP contribution in [-0.4, -0.2) is 58.8 Å². The number of aliphatic hydroxyl groups excluding tert-OH is 1. The van der Waals surface area contributed by atoms with E-state index in [0.29, 0.717) is 24.5 Å². The summed E-state index contributed by atoms with van der Waals surface area (Å²) in [5, 5.41) is 14.2. The minimum atomic E-state index is -4.39. The second-order valence-electron chi connectivity index (χ2n) is 7.62. The molecular formula is C23H28F3N3O3. The van der Waals surface area contributed by atoms with Crippen molar-refractivity contribution < 1.29 is 27.8 Å². The van der Waals surface area contributed by atoms with Gasteiger partial charge < -0.3 is 14.6 Å². The Bertz CT molecular complexity index is 1060. The van der Waals surface area contributed by atoms with Crippen molar-refractivity contribution in [1.29, 1.82) is 0 Å². The Hall–Kier alpha value is -2.78. The first-order chi connectivity index (χ1) is 15.1. The normalized spacial score (nSPS) is 13.0. The molecule has 0 aliphatic heterocycles. The van der Waals surface area contributed by atoms with Gasteiger partial charge >= 0.3 is 6.18 Å². The van der Waals surface area contributed by atoms with Crippen molar-refractivity contribution in [2.75, 3.05) is 26.8 Å². The molecule has 0 fully saturated rings. The Morgan fingerprint density at radius 2 is 2.00 bits per heavy atom. The predicted molar refractivity (Wildman–Crippen MR) is 116 cm³/mol. The van der Waals surface area contributed by atoms with Crippen molar-refractivity contribution in [2.45, 2.75) is 39.6 Å². The molecule has 2 heterocycles. The minimum absolute atomic E-state index is 0.0527. The molecule has 174 valence electrons. The number of aromatic nitrogens is 2. The molecule has 32 heavy (non-hydrogen) atoms. The third-order valence-corrected chi connectivity index (χ3v) is 5.38. The van der Waals surface area contributed by atoms with E-state index < -0.39 is 18.9 Å². The largest absolute Gasteiger partial charge is 0.496 e. The maximum absolute atomic E-state index is 12.9. The molecule has 0 saturated carbocycles. The van der Waals surface area contributed by atoms with Crippen LogP contribution in [0.15, 0.2) is 36.7 Å². The van der Waals surface area contributed by atoms with Crippen molar-refractivity contribution in [3.63, 3.8) is 0 Å². The first-order valence-electron chi connectivity index (χ1n) is 10.4. The lowest BCUT2D eigenvalue weighted by atomic mass is 9.97. The molecule has 0 amide bonds. The van der Waals surface area contributed by atoms with Gasteiger partial charge in [-0.15, -0.1) is 0 Å². The van der Waals surface area contributed by atoms with Crippen LogP contribution in [0.4, 0.5) is 13.2 Å². The molecule has 9 heteroatoms. The van der Waals surface area contributed by atoms with Crippen LogP contribution < -0.4 is 9.47 Å². The van der Waals surface area contributed by atoms with Crippen LogP contribution in [0.2, 0.25) is 0 Å². The molecule has 0 spiro atoms. The van der Waals surface area contributed by atoms with E-state index in [1.807, 2.05) is 38.1 Å². The van der Waals surface area contributed by atoms with E-state index >= 15 is 0 Å². The number of hydrogen-bond donors (Lipinski definition) is 1. The van der Waals surface area contributed by atoms with Crippen molar-refractivity contribution in [3.8, 4) is 22.6 Å². The van der Waals surface area contributed by atoms with Gasteiger partial charge in [0.05, 0.1) is 38.2 Å². The Kier molecular flexibility index (Phi) is 7.30. The lowest BCUT2D eigenvalue weighted by molar-refractivity contribution is -0.164. The lowest BCUT2D eigenvalue weighted by Gasteiger charge is -2.26. The topological polar surface area (TPSA) is 59.2 Å². The van der Waals surface area contributed by atoms with Crippen LogP contribution >= 0.6 is 0 Å². The van der Waals surface area contributed by atoms with Crippen LogP contribution in [-0.2, 0) is 6.42 Å². The van der Waals surface area contributed by atoms with E-state index in [1.54, 1.807) is 24.0 Å². The summed E-state index contributed by atoms with van der Waals surface area (Å²) in [6.45, 7) is 4.56. The molecule has 2 aromatic heterocycles. The maximum Gasteiger partial charge on any atom is 0.401 e. The number of alkyl halides is 3. The Morgan fingerprint density at radius 1 is 1.25 bits per heavy atom. The van der Waals surface area contributed by atoms with Gasteiger partial charge in [-0.1, -0.05) is 6.07 Å². The van der Waals surface area contributed by atoms with Crippen LogP contribution in [0.1, 0.15) is 25.0 Å². The highest BCUT2D eigenvalue weighted by Gasteiger charge is 2.32. The fraction of sp³-hybridized carbons (Fsp3) is 0.435. The number of benzene rings is 1. The van der Waals surface area contributed by atoms with E-state index in [4.69, 9.17) is 9.47 Å². The van der Waals surface area contributed by atoms with Crippen molar-refractivity contribution in [2.24, 2.45) is 0 Å². The standard InChI is InChI=1S/C23H28F3N3O3/c1-5-32-19-6-7-21-20(12-27-29(21)13-19)18-10-17(15(2)22(11-18)31-4)8-9-28(16(3)30)14-23(24,25)26/h6-7,10-13,16,30H,5,8-9,14H2,1-4H3. The summed E-state index contributed by atoms with van der Waals surface area (Å²) in [5.74, 6) is 1.35. The summed E-state index contributed by atoms with van der Waals surface area (Å²) in [7, 11) is 1.56. The Labute approximate surface area is 185 Å². The highest BCUT2D eigenvalue weighted by atomic mass is 19.4. The van der Waals surface area contributed by atoms with Gasteiger partial charge in [0.1, 0.15) is 17.7 Å². The number of aliphatic hydroxyl groups is 1. The molecule has 0 radical (unpaired) electrons. The minimum Gasteiger partial charge on any atom is -0.496 e. The van der Waals surface area contributed by atoms with Gasteiger partial charge in [-0.25, -0.2) is 4.52 Å². The lowest BCUT2D eigenvalue weighted by Crippen LogP contribution is -2.41. The van der Waals surface area contributed by atoms with Crippen molar-refractivity contribution >= 4 is 5.52 Å². The van der Waals surface area contributed by atoms with Gasteiger partial charge in [-0.05, 0) is 62.1 Å². The van der Waals surface area contributed by atoms with Gasteiger partial charge in [0.2, 0.25) is 0 Å². The average molecular weight is 451 g/mol. The zero-order valence-electron chi connectivity index (χ0n) is 18.6. The van der Waals surface area contributed by atoms with Crippen LogP contribution in [0.5, 0.6) is 11.5 Å². The van der Waals surface area contributed by atoms with Gasteiger partial charge in [0.25, 0.3) is 0 Å². The summed E-state index contributed by atoms with van der Waals surface area (Å²) in [4.78, 5) is 1.00. The number of methoxy groups -OCH3 is 1. The molecule has 3 aromatic rings. The SMILES string of the molecule is CCOc1ccc2c(-c3cc(CCN(CC(F)(F)F)C(C)O)c(C)c(OC)c3)cnn2c1. The molecule has 0 bridgehead atoms. The molecule has 1 atom stereocenters. The predicted octanol–water partition coefficient (Wildman–Crippen LogP) is 4.46. The summed E-state index contributed by atoms with van der Waals surface area (Å²) in [5.41, 5.74) is 4.28. The molecule has 6 nitrogen and oxygen atoms in total. The first-order valence-corrected chi connectivity index (χ1v) is 10.4. The number of ether oxygens (including phenoxy) is 2. The van der Waals surface area contributed by atoms with Gasteiger partial charge in [-0.2, -0.15) is 18.3 Å². The molecule has 1 unspecified atom stereocenters. The Balaban J connectivity index is 1.94. The average Bonchev–Trinajstić information content (AvgIpc) is 3.14. The zero-order chi connectivity index (χ0) is 23.5. The molecule has 0 aliphatic rings. The zero-order valence-corrected chi connectivity index (χ0v) is 18.6. The highest BCUT2D eigenvalue weighted by molar-refractivity contribution is 5.81. The fourth-order valence-corrected chi connectivity index (χ4v) is 3.70. The first kappa shape index (κ1) is 23.9. The number of pyridine rings is 1. The van der Waals surface area contributed by atoms with E-state index in [2.05, 4.69) is 5.10 Å². The number of fused-ring (bicyclic) bond motifs is 1. The van der Waals surface area contributed by atoms with Crippen molar-refractivity contribution in [1.82, 2.24) is 14.5 Å². The number of hydrogen-bond acceptors (Lipinski definition) is 5. The number of nitrogens with zero attached hydrogens (tertiary/aromatic N) is 3. The van der Waals surface area contributed by atoms with Crippen LogP contribution in [0.3, 0.4) is 0 Å². The summed E-state index contributed by atoms with van der Waals surface area (Å²) >= 11 is 0. The van der Waals surface area contributed by atoms with Crippen LogP contribution in [0, 0.1) is 6.92 Å². The van der Waals surface area contributed by atoms with E-state index in [-0.39, 0.29) is 6.54 Å². The monoisotopic (exact) mass is 451 g/mol. The second-order valence-corrected chi connectivity index (χ2v) is 7.62. The molecule has 3 rings (SSSR count). The third-order valence-electron chi connectivity index (χ3n) is 5.38. The summed E-state index contributed by atoms with van der Waals surface area (Å²) in [6.07, 6.45) is -1.73.